The molecule has 0 N–H and O–H groups in total. The Balaban J connectivity index is 1.15. The number of furan rings is 1. The Morgan fingerprint density at radius 3 is 1.89 bits per heavy atom. The molecule has 0 amide bonds. The monoisotopic (exact) mass is 794 g/mol. The summed E-state index contributed by atoms with van der Waals surface area (Å²) in [6.45, 7) is 0. The zero-order valence-corrected chi connectivity index (χ0v) is 33.7. The lowest BCUT2D eigenvalue weighted by Crippen LogP contribution is -2.12. The summed E-state index contributed by atoms with van der Waals surface area (Å²) in [5, 5.41) is 1.91. The zero-order valence-electron chi connectivity index (χ0n) is 33.7. The molecule has 0 saturated heterocycles. The van der Waals surface area contributed by atoms with E-state index in [0.29, 0.717) is 17.5 Å². The molecule has 2 aliphatic carbocycles. The van der Waals surface area contributed by atoms with E-state index in [0.717, 1.165) is 102 Å². The van der Waals surface area contributed by atoms with Gasteiger partial charge >= 0.3 is 0 Å². The fourth-order valence-electron chi connectivity index (χ4n) is 8.47. The van der Waals surface area contributed by atoms with E-state index in [1.807, 2.05) is 54.6 Å². The van der Waals surface area contributed by atoms with Gasteiger partial charge in [-0.25, -0.2) is 15.0 Å². The number of rotatable bonds is 9. The van der Waals surface area contributed by atoms with Crippen molar-refractivity contribution in [3.63, 3.8) is 0 Å². The van der Waals surface area contributed by atoms with E-state index in [9.17, 15) is 0 Å². The average Bonchev–Trinajstić information content (AvgIpc) is 3.74. The van der Waals surface area contributed by atoms with Gasteiger partial charge in [0.15, 0.2) is 17.5 Å². The molecule has 292 valence electrons. The molecule has 0 saturated carbocycles. The minimum Gasteiger partial charge on any atom is -0.456 e. The molecule has 5 heteroatoms. The van der Waals surface area contributed by atoms with Crippen LogP contribution >= 0.6 is 0 Å². The molecular weight excluding hydrogens is 757 g/mol. The Kier molecular flexibility index (Phi) is 9.49. The van der Waals surface area contributed by atoms with Crippen LogP contribution in [0.5, 0.6) is 0 Å². The van der Waals surface area contributed by atoms with Gasteiger partial charge in [0.2, 0.25) is 0 Å². The van der Waals surface area contributed by atoms with Gasteiger partial charge in [0.05, 0.1) is 5.69 Å². The van der Waals surface area contributed by atoms with E-state index in [1.54, 1.807) is 0 Å². The SMILES string of the molecule is C1=C=CC(c2ccccc2N(c2cc(-c3ccccc3)cc(-c3ccccc3)c2)c2ccc3oc4cccc(-c5nc(C6=CC=CCC6)nc(-c6ccccc6)n5)c4c3c2)=CC=1. The first kappa shape index (κ1) is 36.7. The van der Waals surface area contributed by atoms with Gasteiger partial charge < -0.3 is 9.32 Å². The molecule has 0 atom stereocenters. The molecule has 2 aliphatic rings. The third kappa shape index (κ3) is 7.00. The molecule has 62 heavy (non-hydrogen) atoms. The molecule has 0 aliphatic heterocycles. The minimum atomic E-state index is 0.602. The van der Waals surface area contributed by atoms with Crippen molar-refractivity contribution in [2.45, 2.75) is 12.8 Å². The Labute approximate surface area is 360 Å². The second-order valence-electron chi connectivity index (χ2n) is 15.4. The van der Waals surface area contributed by atoms with Gasteiger partial charge in [-0.05, 0) is 113 Å². The summed E-state index contributed by atoms with van der Waals surface area (Å²) in [5.41, 5.74) is 20.4. The van der Waals surface area contributed by atoms with Crippen LogP contribution in [-0.4, -0.2) is 15.0 Å². The Morgan fingerprint density at radius 1 is 0.500 bits per heavy atom. The predicted octanol–water partition coefficient (Wildman–Crippen LogP) is 14.9. The standard InChI is InChI=1S/C57H38N4O/c1-6-19-39(20-7-1)44-35-45(40-21-8-2-9-22-40)37-47(36-44)61(51-31-17-16-29-48(51)41-23-10-3-11-24-41)46-33-34-52-50(38-46)54-49(30-18-32-53(54)62-52)57-59-55(42-25-12-4-13-26-42)58-56(60-57)43-27-14-5-15-28-43/h1-2,4-10,12-14,16-27,29-38H,15,28H2. The van der Waals surface area contributed by atoms with Crippen LogP contribution < -0.4 is 4.90 Å². The lowest BCUT2D eigenvalue weighted by atomic mass is 9.96. The molecular formula is C57H38N4O. The van der Waals surface area contributed by atoms with Crippen LogP contribution in [0.1, 0.15) is 24.2 Å². The summed E-state index contributed by atoms with van der Waals surface area (Å²) in [6, 6.07) is 59.4. The van der Waals surface area contributed by atoms with Crippen molar-refractivity contribution >= 4 is 50.1 Å². The maximum absolute atomic E-state index is 6.65. The van der Waals surface area contributed by atoms with E-state index < -0.39 is 0 Å². The number of allylic oxidation sites excluding steroid dienone is 8. The lowest BCUT2D eigenvalue weighted by Gasteiger charge is -2.29. The minimum absolute atomic E-state index is 0.602. The quantitative estimate of drug-likeness (QED) is 0.136. The van der Waals surface area contributed by atoms with Gasteiger partial charge in [0, 0.05) is 38.8 Å². The molecule has 2 aromatic heterocycles. The highest BCUT2D eigenvalue weighted by Crippen LogP contribution is 2.45. The molecule has 0 spiro atoms. The van der Waals surface area contributed by atoms with Crippen LogP contribution in [0, 0.1) is 0 Å². The second-order valence-corrected chi connectivity index (χ2v) is 15.4. The van der Waals surface area contributed by atoms with Crippen molar-refractivity contribution in [2.24, 2.45) is 0 Å². The lowest BCUT2D eigenvalue weighted by molar-refractivity contribution is 0.669. The van der Waals surface area contributed by atoms with Crippen LogP contribution in [0.15, 0.2) is 222 Å². The number of benzene rings is 7. The first-order chi connectivity index (χ1) is 30.7. The molecule has 2 heterocycles. The third-order valence-corrected chi connectivity index (χ3v) is 11.4. The van der Waals surface area contributed by atoms with Gasteiger partial charge in [-0.1, -0.05) is 151 Å². The molecule has 9 aromatic rings. The van der Waals surface area contributed by atoms with E-state index in [4.69, 9.17) is 19.4 Å². The number of aromatic nitrogens is 3. The summed E-state index contributed by atoms with van der Waals surface area (Å²) in [6.07, 6.45) is 14.2. The molecule has 0 bridgehead atoms. The Hall–Kier alpha value is -8.33. The van der Waals surface area contributed by atoms with Crippen LogP contribution in [0.4, 0.5) is 17.1 Å². The molecule has 5 nitrogen and oxygen atoms in total. The summed E-state index contributed by atoms with van der Waals surface area (Å²) >= 11 is 0. The van der Waals surface area contributed by atoms with E-state index in [1.165, 1.54) is 0 Å². The van der Waals surface area contributed by atoms with Gasteiger partial charge in [0.1, 0.15) is 11.2 Å². The second kappa shape index (κ2) is 16.0. The van der Waals surface area contributed by atoms with Crippen molar-refractivity contribution in [1.29, 1.82) is 0 Å². The van der Waals surface area contributed by atoms with Gasteiger partial charge in [-0.2, -0.15) is 0 Å². The largest absolute Gasteiger partial charge is 0.456 e. The average molecular weight is 795 g/mol. The first-order valence-corrected chi connectivity index (χ1v) is 20.9. The van der Waals surface area contributed by atoms with Gasteiger partial charge in [-0.3, -0.25) is 0 Å². The highest BCUT2D eigenvalue weighted by Gasteiger charge is 2.23. The number of anilines is 3. The number of nitrogens with zero attached hydrogens (tertiary/aromatic N) is 4. The van der Waals surface area contributed by atoms with Crippen molar-refractivity contribution in [1.82, 2.24) is 15.0 Å². The Morgan fingerprint density at radius 2 is 1.18 bits per heavy atom. The normalized spacial score (nSPS) is 13.1. The maximum atomic E-state index is 6.65. The van der Waals surface area contributed by atoms with Crippen LogP contribution in [0.2, 0.25) is 0 Å². The zero-order chi connectivity index (χ0) is 41.2. The molecule has 0 fully saturated rings. The molecule has 11 rings (SSSR count). The molecule has 0 radical (unpaired) electrons. The highest BCUT2D eigenvalue weighted by atomic mass is 16.3. The number of hydrogen-bond acceptors (Lipinski definition) is 5. The van der Waals surface area contributed by atoms with Crippen LogP contribution in [0.25, 0.3) is 78.1 Å². The van der Waals surface area contributed by atoms with Gasteiger partial charge in [-0.15, -0.1) is 0 Å². The maximum Gasteiger partial charge on any atom is 0.164 e. The number of para-hydroxylation sites is 1. The fourth-order valence-corrected chi connectivity index (χ4v) is 8.47. The first-order valence-electron chi connectivity index (χ1n) is 20.9. The Bertz CT molecular complexity index is 3310. The number of fused-ring (bicyclic) bond motifs is 3. The van der Waals surface area contributed by atoms with E-state index in [-0.39, 0.29) is 0 Å². The van der Waals surface area contributed by atoms with Crippen LogP contribution in [-0.2, 0) is 0 Å². The van der Waals surface area contributed by atoms with Crippen molar-refractivity contribution < 1.29 is 4.42 Å². The van der Waals surface area contributed by atoms with E-state index in [2.05, 4.69) is 168 Å². The number of hydrogen-bond donors (Lipinski definition) is 0. The summed E-state index contributed by atoms with van der Waals surface area (Å²) in [4.78, 5) is 17.7. The predicted molar refractivity (Wildman–Crippen MR) is 254 cm³/mol. The summed E-state index contributed by atoms with van der Waals surface area (Å²) in [5.74, 6) is 1.93. The van der Waals surface area contributed by atoms with Crippen molar-refractivity contribution in [3.8, 4) is 45.0 Å². The molecule has 7 aromatic carbocycles. The summed E-state index contributed by atoms with van der Waals surface area (Å²) in [7, 11) is 0. The van der Waals surface area contributed by atoms with Gasteiger partial charge in [0.25, 0.3) is 0 Å². The topological polar surface area (TPSA) is 55.1 Å². The highest BCUT2D eigenvalue weighted by molar-refractivity contribution is 6.13. The van der Waals surface area contributed by atoms with Crippen molar-refractivity contribution in [3.05, 3.63) is 229 Å². The third-order valence-electron chi connectivity index (χ3n) is 11.4. The van der Waals surface area contributed by atoms with E-state index >= 15 is 0 Å². The summed E-state index contributed by atoms with van der Waals surface area (Å²) < 4.78 is 6.65. The van der Waals surface area contributed by atoms with Crippen molar-refractivity contribution in [2.75, 3.05) is 4.90 Å². The smallest absolute Gasteiger partial charge is 0.164 e. The molecule has 0 unspecified atom stereocenters. The fraction of sp³-hybridized carbons (Fsp3) is 0.0351. The van der Waals surface area contributed by atoms with Crippen LogP contribution in [0.3, 0.4) is 0 Å².